The Hall–Kier alpha value is -0.770. The molecule has 4 heteroatoms. The molecule has 4 nitrogen and oxygen atoms in total. The van der Waals surface area contributed by atoms with E-state index in [1.165, 1.54) is 0 Å². The predicted molar refractivity (Wildman–Crippen MR) is 57.6 cm³/mol. The summed E-state index contributed by atoms with van der Waals surface area (Å²) in [6.07, 6.45) is 0.621. The van der Waals surface area contributed by atoms with Crippen molar-refractivity contribution < 1.29 is 14.6 Å². The molecule has 0 radical (unpaired) electrons. The molecule has 1 amide bonds. The average Bonchev–Trinajstić information content (AvgIpc) is 2.43. The highest BCUT2D eigenvalue weighted by Gasteiger charge is 2.36. The molecule has 2 unspecified atom stereocenters. The molecule has 88 valence electrons. The Labute approximate surface area is 91.2 Å². The van der Waals surface area contributed by atoms with Crippen LogP contribution in [-0.4, -0.2) is 40.9 Å². The molecule has 0 aromatic carbocycles. The Morgan fingerprint density at radius 3 is 2.60 bits per heavy atom. The first-order valence-corrected chi connectivity index (χ1v) is 5.45. The lowest BCUT2D eigenvalue weighted by molar-refractivity contribution is 0.0151. The van der Waals surface area contributed by atoms with E-state index in [4.69, 9.17) is 4.74 Å². The van der Waals surface area contributed by atoms with Crippen molar-refractivity contribution in [2.75, 3.05) is 13.2 Å². The van der Waals surface area contributed by atoms with Gasteiger partial charge in [-0.2, -0.15) is 0 Å². The highest BCUT2D eigenvalue weighted by atomic mass is 16.6. The number of likely N-dealkylation sites (tertiary alicyclic amines) is 1. The summed E-state index contributed by atoms with van der Waals surface area (Å²) >= 11 is 0. The molecule has 0 saturated carbocycles. The largest absolute Gasteiger partial charge is 0.444 e. The van der Waals surface area contributed by atoms with Gasteiger partial charge in [0.1, 0.15) is 5.60 Å². The highest BCUT2D eigenvalue weighted by Crippen LogP contribution is 2.25. The third kappa shape index (κ3) is 3.09. The molecular weight excluding hydrogens is 194 g/mol. The van der Waals surface area contributed by atoms with Crippen LogP contribution in [0.2, 0.25) is 0 Å². The summed E-state index contributed by atoms with van der Waals surface area (Å²) < 4.78 is 5.28. The maximum Gasteiger partial charge on any atom is 0.410 e. The highest BCUT2D eigenvalue weighted by molar-refractivity contribution is 5.69. The smallest absolute Gasteiger partial charge is 0.410 e. The third-order valence-corrected chi connectivity index (χ3v) is 2.70. The molecule has 1 aliphatic rings. The second-order valence-electron chi connectivity index (χ2n) is 5.19. The van der Waals surface area contributed by atoms with Crippen LogP contribution < -0.4 is 0 Å². The average molecular weight is 215 g/mol. The van der Waals surface area contributed by atoms with Crippen molar-refractivity contribution >= 4 is 6.09 Å². The van der Waals surface area contributed by atoms with Gasteiger partial charge in [-0.05, 0) is 33.1 Å². The Balaban J connectivity index is 2.60. The second kappa shape index (κ2) is 4.39. The fourth-order valence-corrected chi connectivity index (χ4v) is 1.83. The van der Waals surface area contributed by atoms with Crippen LogP contribution in [0.5, 0.6) is 0 Å². The fraction of sp³-hybridized carbons (Fsp3) is 0.909. The lowest BCUT2D eigenvalue weighted by atomic mass is 10.0. The van der Waals surface area contributed by atoms with Crippen LogP contribution in [0.4, 0.5) is 4.79 Å². The van der Waals surface area contributed by atoms with Gasteiger partial charge in [0.25, 0.3) is 0 Å². The summed E-state index contributed by atoms with van der Waals surface area (Å²) in [7, 11) is 0. The maximum atomic E-state index is 11.8. The van der Waals surface area contributed by atoms with E-state index in [1.54, 1.807) is 4.90 Å². The van der Waals surface area contributed by atoms with Crippen molar-refractivity contribution in [2.24, 2.45) is 5.92 Å². The molecule has 15 heavy (non-hydrogen) atoms. The third-order valence-electron chi connectivity index (χ3n) is 2.70. The summed E-state index contributed by atoms with van der Waals surface area (Å²) in [5.74, 6) is 0.350. The normalized spacial score (nSPS) is 26.9. The summed E-state index contributed by atoms with van der Waals surface area (Å²) in [5, 5.41) is 9.20. The number of hydrogen-bond acceptors (Lipinski definition) is 3. The van der Waals surface area contributed by atoms with Crippen molar-refractivity contribution in [2.45, 2.75) is 45.8 Å². The van der Waals surface area contributed by atoms with Gasteiger partial charge < -0.3 is 14.7 Å². The number of amides is 1. The van der Waals surface area contributed by atoms with Crippen LogP contribution in [0.3, 0.4) is 0 Å². The zero-order chi connectivity index (χ0) is 11.6. The number of nitrogens with zero attached hydrogens (tertiary/aromatic N) is 1. The number of ether oxygens (including phenoxy) is 1. The zero-order valence-corrected chi connectivity index (χ0v) is 9.99. The summed E-state index contributed by atoms with van der Waals surface area (Å²) in [6, 6.07) is -0.0835. The van der Waals surface area contributed by atoms with E-state index in [9.17, 15) is 9.90 Å². The van der Waals surface area contributed by atoms with Crippen molar-refractivity contribution in [1.82, 2.24) is 4.90 Å². The number of rotatable bonds is 1. The molecule has 0 aliphatic carbocycles. The van der Waals surface area contributed by atoms with Gasteiger partial charge in [-0.3, -0.25) is 0 Å². The lowest BCUT2D eigenvalue weighted by Gasteiger charge is -2.28. The molecule has 1 fully saturated rings. The first-order valence-electron chi connectivity index (χ1n) is 5.45. The fourth-order valence-electron chi connectivity index (χ4n) is 1.83. The summed E-state index contributed by atoms with van der Waals surface area (Å²) in [4.78, 5) is 13.4. The number of aliphatic hydroxyl groups excluding tert-OH is 1. The van der Waals surface area contributed by atoms with Crippen LogP contribution >= 0.6 is 0 Å². The van der Waals surface area contributed by atoms with Crippen LogP contribution in [0.25, 0.3) is 0 Å². The molecule has 0 aromatic heterocycles. The van der Waals surface area contributed by atoms with Gasteiger partial charge in [-0.15, -0.1) is 0 Å². The van der Waals surface area contributed by atoms with Crippen LogP contribution in [-0.2, 0) is 4.74 Å². The summed E-state index contributed by atoms with van der Waals surface area (Å²) in [6.45, 7) is 8.28. The van der Waals surface area contributed by atoms with Crippen LogP contribution in [0.1, 0.15) is 34.1 Å². The quantitative estimate of drug-likeness (QED) is 0.723. The number of hydrogen-bond donors (Lipinski definition) is 1. The Morgan fingerprint density at radius 2 is 2.13 bits per heavy atom. The van der Waals surface area contributed by atoms with E-state index in [0.29, 0.717) is 12.5 Å². The Kier molecular flexibility index (Phi) is 3.60. The van der Waals surface area contributed by atoms with Crippen molar-refractivity contribution in [3.8, 4) is 0 Å². The predicted octanol–water partition coefficient (Wildman–Crippen LogP) is 1.62. The number of carbonyl (C=O) groups is 1. The zero-order valence-electron chi connectivity index (χ0n) is 9.99. The monoisotopic (exact) mass is 215 g/mol. The number of aliphatic hydroxyl groups is 1. The van der Waals surface area contributed by atoms with E-state index in [2.05, 4.69) is 0 Å². The molecule has 1 saturated heterocycles. The van der Waals surface area contributed by atoms with Gasteiger partial charge in [-0.1, -0.05) is 6.92 Å². The van der Waals surface area contributed by atoms with Gasteiger partial charge in [0.15, 0.2) is 0 Å². The van der Waals surface area contributed by atoms with E-state index in [-0.39, 0.29) is 18.7 Å². The van der Waals surface area contributed by atoms with Crippen molar-refractivity contribution in [3.63, 3.8) is 0 Å². The van der Waals surface area contributed by atoms with Crippen LogP contribution in [0.15, 0.2) is 0 Å². The Morgan fingerprint density at radius 1 is 1.53 bits per heavy atom. The molecule has 0 bridgehead atoms. The minimum atomic E-state index is -0.469. The first-order chi connectivity index (χ1) is 6.85. The van der Waals surface area contributed by atoms with Gasteiger partial charge in [-0.25, -0.2) is 4.79 Å². The molecule has 1 rings (SSSR count). The topological polar surface area (TPSA) is 49.8 Å². The minimum absolute atomic E-state index is 0.0143. The van der Waals surface area contributed by atoms with Crippen molar-refractivity contribution in [3.05, 3.63) is 0 Å². The van der Waals surface area contributed by atoms with E-state index in [1.807, 2.05) is 27.7 Å². The van der Waals surface area contributed by atoms with Gasteiger partial charge in [0.05, 0.1) is 12.6 Å². The molecule has 1 aliphatic heterocycles. The second-order valence-corrected chi connectivity index (χ2v) is 5.19. The van der Waals surface area contributed by atoms with Crippen molar-refractivity contribution in [1.29, 1.82) is 0 Å². The molecule has 0 aromatic rings. The Bertz CT molecular complexity index is 234. The lowest BCUT2D eigenvalue weighted by Crippen LogP contribution is -2.42. The minimum Gasteiger partial charge on any atom is -0.444 e. The first kappa shape index (κ1) is 12.3. The van der Waals surface area contributed by atoms with E-state index < -0.39 is 5.60 Å². The molecule has 0 spiro atoms. The molecule has 1 N–H and O–H groups in total. The maximum absolute atomic E-state index is 11.8. The number of carbonyl (C=O) groups excluding carboxylic acids is 1. The van der Waals surface area contributed by atoms with E-state index in [0.717, 1.165) is 6.42 Å². The van der Waals surface area contributed by atoms with E-state index >= 15 is 0 Å². The molecule has 2 atom stereocenters. The SMILES string of the molecule is CC1CCN(C(=O)OC(C)(C)C)C1CO. The summed E-state index contributed by atoms with van der Waals surface area (Å²) in [5.41, 5.74) is -0.469. The van der Waals surface area contributed by atoms with Gasteiger partial charge in [0, 0.05) is 6.54 Å². The van der Waals surface area contributed by atoms with Gasteiger partial charge >= 0.3 is 6.09 Å². The standard InChI is InChI=1S/C11H21NO3/c1-8-5-6-12(9(8)7-13)10(14)15-11(2,3)4/h8-9,13H,5-7H2,1-4H3. The van der Waals surface area contributed by atoms with Crippen LogP contribution in [0, 0.1) is 5.92 Å². The molecular formula is C11H21NO3. The van der Waals surface area contributed by atoms with Gasteiger partial charge in [0.2, 0.25) is 0 Å². The molecule has 1 heterocycles.